The minimum atomic E-state index is 0. The highest BCUT2D eigenvalue weighted by Gasteiger charge is 2.10. The van der Waals surface area contributed by atoms with Gasteiger partial charge in [0.25, 0.3) is 0 Å². The highest BCUT2D eigenvalue weighted by Crippen LogP contribution is 2.24. The first-order valence-corrected chi connectivity index (χ1v) is 6.17. The van der Waals surface area contributed by atoms with E-state index in [0.29, 0.717) is 0 Å². The van der Waals surface area contributed by atoms with Gasteiger partial charge in [-0.3, -0.25) is 0 Å². The number of fused-ring (bicyclic) bond motifs is 1. The minimum absolute atomic E-state index is 0. The second-order valence-corrected chi connectivity index (χ2v) is 4.58. The Hall–Kier alpha value is -1.21. The van der Waals surface area contributed by atoms with E-state index >= 15 is 0 Å². The van der Waals surface area contributed by atoms with Crippen molar-refractivity contribution in [3.05, 3.63) is 42.5 Å². The van der Waals surface area contributed by atoms with E-state index in [9.17, 15) is 0 Å². The molecule has 1 nitrogen and oxygen atoms in total. The molecule has 3 rings (SSSR count). The molecular weight excluding hydrogens is 230 g/mol. The van der Waals surface area contributed by atoms with Gasteiger partial charge in [0.15, 0.2) is 0 Å². The fraction of sp³-hybridized carbons (Fsp3) is 0.333. The lowest BCUT2D eigenvalue weighted by atomic mass is 10.1. The van der Waals surface area contributed by atoms with E-state index in [1.165, 1.54) is 48.8 Å². The lowest BCUT2D eigenvalue weighted by Crippen LogP contribution is -2.29. The highest BCUT2D eigenvalue weighted by molar-refractivity contribution is 5.86. The van der Waals surface area contributed by atoms with Crippen LogP contribution in [0.3, 0.4) is 0 Å². The number of hydrogen-bond acceptors (Lipinski definition) is 1. The standard InChI is InChI=1S/C15H17N.ClH/c1-4-10-16(11-5-1)15-9-8-13-6-2-3-7-14(13)12-15;/h2-3,6-9,12H,1,4-5,10-11H2;1H. The average Bonchev–Trinajstić information content (AvgIpc) is 2.39. The van der Waals surface area contributed by atoms with Crippen molar-refractivity contribution in [1.29, 1.82) is 0 Å². The number of nitrogens with zero attached hydrogens (tertiary/aromatic N) is 1. The lowest BCUT2D eigenvalue weighted by molar-refractivity contribution is 0.578. The van der Waals surface area contributed by atoms with Gasteiger partial charge in [-0.2, -0.15) is 0 Å². The van der Waals surface area contributed by atoms with Crippen molar-refractivity contribution in [3.63, 3.8) is 0 Å². The minimum Gasteiger partial charge on any atom is -0.372 e. The van der Waals surface area contributed by atoms with Crippen LogP contribution in [0.25, 0.3) is 10.8 Å². The van der Waals surface area contributed by atoms with Crippen LogP contribution < -0.4 is 4.90 Å². The largest absolute Gasteiger partial charge is 0.372 e. The Kier molecular flexibility index (Phi) is 3.90. The van der Waals surface area contributed by atoms with Gasteiger partial charge in [0.2, 0.25) is 0 Å². The fourth-order valence-electron chi connectivity index (χ4n) is 2.53. The van der Waals surface area contributed by atoms with Crippen molar-refractivity contribution in [3.8, 4) is 0 Å². The van der Waals surface area contributed by atoms with Gasteiger partial charge >= 0.3 is 0 Å². The van der Waals surface area contributed by atoms with Crippen LogP contribution >= 0.6 is 12.4 Å². The Labute approximate surface area is 109 Å². The van der Waals surface area contributed by atoms with Crippen molar-refractivity contribution in [2.75, 3.05) is 18.0 Å². The molecule has 0 atom stereocenters. The predicted molar refractivity (Wildman–Crippen MR) is 77.3 cm³/mol. The maximum absolute atomic E-state index is 2.51. The van der Waals surface area contributed by atoms with Gasteiger partial charge in [-0.1, -0.05) is 30.3 Å². The summed E-state index contributed by atoms with van der Waals surface area (Å²) in [5, 5.41) is 2.69. The third-order valence-corrected chi connectivity index (χ3v) is 3.45. The van der Waals surface area contributed by atoms with Crippen molar-refractivity contribution in [2.45, 2.75) is 19.3 Å². The second-order valence-electron chi connectivity index (χ2n) is 4.58. The van der Waals surface area contributed by atoms with Crippen LogP contribution in [0.15, 0.2) is 42.5 Å². The SMILES string of the molecule is Cl.c1ccc2cc(N3CCCCC3)ccc2c1. The number of piperidine rings is 1. The summed E-state index contributed by atoms with van der Waals surface area (Å²) >= 11 is 0. The van der Waals surface area contributed by atoms with E-state index in [1.54, 1.807) is 0 Å². The molecule has 1 aliphatic heterocycles. The molecule has 0 aromatic heterocycles. The van der Waals surface area contributed by atoms with Gasteiger partial charge < -0.3 is 4.90 Å². The predicted octanol–water partition coefficient (Wildman–Crippen LogP) is 4.25. The van der Waals surface area contributed by atoms with Crippen molar-refractivity contribution in [1.82, 2.24) is 0 Å². The number of halogens is 1. The quantitative estimate of drug-likeness (QED) is 0.728. The first-order valence-electron chi connectivity index (χ1n) is 6.17. The topological polar surface area (TPSA) is 3.24 Å². The zero-order valence-electron chi connectivity index (χ0n) is 9.93. The van der Waals surface area contributed by atoms with Crippen LogP contribution in [-0.4, -0.2) is 13.1 Å². The summed E-state index contributed by atoms with van der Waals surface area (Å²) in [7, 11) is 0. The molecular formula is C15H18ClN. The molecule has 0 unspecified atom stereocenters. The zero-order chi connectivity index (χ0) is 10.8. The van der Waals surface area contributed by atoms with Crippen molar-refractivity contribution < 1.29 is 0 Å². The average molecular weight is 248 g/mol. The molecule has 2 aromatic carbocycles. The molecule has 17 heavy (non-hydrogen) atoms. The highest BCUT2D eigenvalue weighted by atomic mass is 35.5. The molecule has 2 heteroatoms. The van der Waals surface area contributed by atoms with Crippen LogP contribution in [0, 0.1) is 0 Å². The molecule has 0 saturated carbocycles. The van der Waals surface area contributed by atoms with Gasteiger partial charge in [-0.15, -0.1) is 12.4 Å². The van der Waals surface area contributed by atoms with Gasteiger partial charge in [-0.25, -0.2) is 0 Å². The number of rotatable bonds is 1. The molecule has 1 heterocycles. The summed E-state index contributed by atoms with van der Waals surface area (Å²) < 4.78 is 0. The number of anilines is 1. The Bertz CT molecular complexity index is 489. The Morgan fingerprint density at radius 1 is 0.765 bits per heavy atom. The van der Waals surface area contributed by atoms with E-state index < -0.39 is 0 Å². The van der Waals surface area contributed by atoms with Crippen molar-refractivity contribution in [2.24, 2.45) is 0 Å². The second kappa shape index (κ2) is 5.42. The number of hydrogen-bond donors (Lipinski definition) is 0. The summed E-state index contributed by atoms with van der Waals surface area (Å²) in [4.78, 5) is 2.51. The third kappa shape index (κ3) is 2.55. The van der Waals surface area contributed by atoms with E-state index in [4.69, 9.17) is 0 Å². The van der Waals surface area contributed by atoms with Gasteiger partial charge in [0.1, 0.15) is 0 Å². The number of benzene rings is 2. The maximum atomic E-state index is 2.51. The van der Waals surface area contributed by atoms with E-state index in [-0.39, 0.29) is 12.4 Å². The van der Waals surface area contributed by atoms with Gasteiger partial charge in [0, 0.05) is 18.8 Å². The zero-order valence-corrected chi connectivity index (χ0v) is 10.7. The third-order valence-electron chi connectivity index (χ3n) is 3.45. The summed E-state index contributed by atoms with van der Waals surface area (Å²) in [6, 6.07) is 15.4. The normalized spacial score (nSPS) is 15.6. The Balaban J connectivity index is 0.00000108. The van der Waals surface area contributed by atoms with Crippen LogP contribution in [0.4, 0.5) is 5.69 Å². The first kappa shape index (κ1) is 12.3. The van der Waals surface area contributed by atoms with Gasteiger partial charge in [0.05, 0.1) is 0 Å². The fourth-order valence-corrected chi connectivity index (χ4v) is 2.53. The molecule has 0 amide bonds. The summed E-state index contributed by atoms with van der Waals surface area (Å²) in [6.45, 7) is 2.44. The van der Waals surface area contributed by atoms with Gasteiger partial charge in [-0.05, 0) is 42.2 Å². The summed E-state index contributed by atoms with van der Waals surface area (Å²) in [5.74, 6) is 0. The molecule has 0 radical (unpaired) electrons. The van der Waals surface area contributed by atoms with Crippen LogP contribution in [0.1, 0.15) is 19.3 Å². The molecule has 0 bridgehead atoms. The first-order chi connectivity index (χ1) is 7.93. The molecule has 1 saturated heterocycles. The molecule has 1 fully saturated rings. The van der Waals surface area contributed by atoms with Crippen LogP contribution in [-0.2, 0) is 0 Å². The van der Waals surface area contributed by atoms with E-state index in [0.717, 1.165) is 0 Å². The Morgan fingerprint density at radius 3 is 2.24 bits per heavy atom. The molecule has 0 spiro atoms. The van der Waals surface area contributed by atoms with Crippen LogP contribution in [0.2, 0.25) is 0 Å². The summed E-state index contributed by atoms with van der Waals surface area (Å²) in [6.07, 6.45) is 4.07. The van der Waals surface area contributed by atoms with E-state index in [1.807, 2.05) is 0 Å². The van der Waals surface area contributed by atoms with Crippen molar-refractivity contribution >= 4 is 28.9 Å². The summed E-state index contributed by atoms with van der Waals surface area (Å²) in [5.41, 5.74) is 1.39. The molecule has 0 aliphatic carbocycles. The Morgan fingerprint density at radius 2 is 1.47 bits per heavy atom. The smallest absolute Gasteiger partial charge is 0.0372 e. The lowest BCUT2D eigenvalue weighted by Gasteiger charge is -2.29. The monoisotopic (exact) mass is 247 g/mol. The van der Waals surface area contributed by atoms with E-state index in [2.05, 4.69) is 47.4 Å². The molecule has 90 valence electrons. The maximum Gasteiger partial charge on any atom is 0.0372 e. The molecule has 2 aromatic rings. The molecule has 1 aliphatic rings. The van der Waals surface area contributed by atoms with Crippen LogP contribution in [0.5, 0.6) is 0 Å². The molecule has 0 N–H and O–H groups in total.